The molecule has 0 bridgehead atoms. The highest BCUT2D eigenvalue weighted by molar-refractivity contribution is 7.98. The molecule has 4 N–H and O–H groups in total. The van der Waals surface area contributed by atoms with Gasteiger partial charge in [-0.15, -0.1) is 5.10 Å². The second kappa shape index (κ2) is 8.34. The molecule has 2 aromatic heterocycles. The van der Waals surface area contributed by atoms with E-state index in [2.05, 4.69) is 49.9 Å². The number of hydrogen-bond acceptors (Lipinski definition) is 9. The molecule has 31 heavy (non-hydrogen) atoms. The third-order valence-electron chi connectivity index (χ3n) is 6.41. The summed E-state index contributed by atoms with van der Waals surface area (Å²) in [6.07, 6.45) is 1.97. The van der Waals surface area contributed by atoms with Gasteiger partial charge in [-0.05, 0) is 37.0 Å². The molecule has 0 saturated heterocycles. The fraction of sp³-hybridized carbons (Fsp3) is 0.524. The van der Waals surface area contributed by atoms with E-state index in [1.54, 1.807) is 4.68 Å². The van der Waals surface area contributed by atoms with Crippen molar-refractivity contribution in [2.75, 3.05) is 18.2 Å². The van der Waals surface area contributed by atoms with E-state index in [1.165, 1.54) is 17.3 Å². The summed E-state index contributed by atoms with van der Waals surface area (Å²) in [6.45, 7) is -0.0316. The molecule has 0 amide bonds. The molecule has 2 aliphatic carbocycles. The maximum atomic E-state index is 10.6. The van der Waals surface area contributed by atoms with Crippen LogP contribution in [0.25, 0.3) is 11.2 Å². The molecule has 0 aliphatic heterocycles. The van der Waals surface area contributed by atoms with Gasteiger partial charge in [-0.3, -0.25) is 0 Å². The minimum Gasteiger partial charge on any atom is -0.396 e. The summed E-state index contributed by atoms with van der Waals surface area (Å²) >= 11 is 1.43. The molecule has 5 rings (SSSR count). The SMILES string of the molecule is CSc1nc(NC2CC2c2ccccc2)c2nnn([C@@H]3C[C@H](CCO)[C@@H](O)[C@H]3O)c2n1. The van der Waals surface area contributed by atoms with Crippen molar-refractivity contribution in [1.82, 2.24) is 25.0 Å². The van der Waals surface area contributed by atoms with Gasteiger partial charge >= 0.3 is 0 Å². The first-order chi connectivity index (χ1) is 15.1. The second-order valence-corrected chi connectivity index (χ2v) is 9.10. The van der Waals surface area contributed by atoms with E-state index in [-0.39, 0.29) is 18.6 Å². The summed E-state index contributed by atoms with van der Waals surface area (Å²) in [5.41, 5.74) is 2.40. The summed E-state index contributed by atoms with van der Waals surface area (Å²) in [4.78, 5) is 9.23. The van der Waals surface area contributed by atoms with Crippen LogP contribution in [-0.4, -0.2) is 71.4 Å². The molecule has 2 unspecified atom stereocenters. The van der Waals surface area contributed by atoms with Crippen molar-refractivity contribution in [1.29, 1.82) is 0 Å². The van der Waals surface area contributed by atoms with E-state index in [9.17, 15) is 15.3 Å². The molecule has 9 nitrogen and oxygen atoms in total. The molecular weight excluding hydrogens is 416 g/mol. The van der Waals surface area contributed by atoms with E-state index in [0.29, 0.717) is 40.9 Å². The normalized spacial score (nSPS) is 30.1. The van der Waals surface area contributed by atoms with Crippen LogP contribution >= 0.6 is 11.8 Å². The predicted molar refractivity (Wildman–Crippen MR) is 117 cm³/mol. The van der Waals surface area contributed by atoms with Gasteiger partial charge in [0, 0.05) is 18.6 Å². The second-order valence-electron chi connectivity index (χ2n) is 8.33. The average Bonchev–Trinajstić information content (AvgIpc) is 3.35. The van der Waals surface area contributed by atoms with E-state index in [1.807, 2.05) is 12.3 Å². The highest BCUT2D eigenvalue weighted by Gasteiger charge is 2.44. The molecule has 0 radical (unpaired) electrons. The Labute approximate surface area is 183 Å². The van der Waals surface area contributed by atoms with Gasteiger partial charge in [0.1, 0.15) is 6.10 Å². The fourth-order valence-corrected chi connectivity index (χ4v) is 4.98. The lowest BCUT2D eigenvalue weighted by molar-refractivity contribution is 0.00107. The van der Waals surface area contributed by atoms with E-state index >= 15 is 0 Å². The molecular formula is C21H26N6O3S. The summed E-state index contributed by atoms with van der Waals surface area (Å²) < 4.78 is 1.61. The van der Waals surface area contributed by atoms with Gasteiger partial charge in [0.05, 0.1) is 12.1 Å². The summed E-state index contributed by atoms with van der Waals surface area (Å²) in [5.74, 6) is 0.885. The molecule has 2 heterocycles. The van der Waals surface area contributed by atoms with E-state index in [0.717, 1.165) is 6.42 Å². The van der Waals surface area contributed by atoms with Crippen molar-refractivity contribution in [3.05, 3.63) is 35.9 Å². The number of hydrogen-bond donors (Lipinski definition) is 4. The standard InChI is InChI=1S/C21H26N6O3S/c1-31-21-23-19(22-14-10-13(14)11-5-3-2-4-6-11)16-20(24-21)27(26-25-16)15-9-12(7-8-28)17(29)18(15)30/h2-6,12-15,17-18,28-30H,7-10H2,1H3,(H,22,23,24)/t12-,13?,14?,15+,17+,18-/m0/s1. The van der Waals surface area contributed by atoms with E-state index in [4.69, 9.17) is 0 Å². The zero-order valence-corrected chi connectivity index (χ0v) is 18.0. The molecule has 2 saturated carbocycles. The lowest BCUT2D eigenvalue weighted by Gasteiger charge is -2.17. The first kappa shape index (κ1) is 20.6. The Hall–Kier alpha value is -2.27. The average molecular weight is 443 g/mol. The van der Waals surface area contributed by atoms with Crippen molar-refractivity contribution in [3.8, 4) is 0 Å². The number of aliphatic hydroxyl groups is 3. The third-order valence-corrected chi connectivity index (χ3v) is 6.96. The number of rotatable bonds is 7. The van der Waals surface area contributed by atoms with Crippen LogP contribution in [0.3, 0.4) is 0 Å². The maximum Gasteiger partial charge on any atom is 0.191 e. The zero-order valence-electron chi connectivity index (χ0n) is 17.2. The summed E-state index contributed by atoms with van der Waals surface area (Å²) in [5, 5.41) is 43.0. The van der Waals surface area contributed by atoms with Gasteiger partial charge in [0.25, 0.3) is 0 Å². The Bertz CT molecular complexity index is 1060. The number of nitrogens with one attached hydrogen (secondary N) is 1. The van der Waals surface area contributed by atoms with E-state index < -0.39 is 18.2 Å². The lowest BCUT2D eigenvalue weighted by Crippen LogP contribution is -2.30. The maximum absolute atomic E-state index is 10.6. The largest absolute Gasteiger partial charge is 0.396 e. The molecule has 10 heteroatoms. The van der Waals surface area contributed by atoms with Gasteiger partial charge in [-0.1, -0.05) is 47.3 Å². The first-order valence-corrected chi connectivity index (χ1v) is 11.8. The van der Waals surface area contributed by atoms with Crippen molar-refractivity contribution < 1.29 is 15.3 Å². The Balaban J connectivity index is 1.44. The van der Waals surface area contributed by atoms with Crippen LogP contribution < -0.4 is 5.32 Å². The summed E-state index contributed by atoms with van der Waals surface area (Å²) in [6, 6.07) is 10.2. The fourth-order valence-electron chi connectivity index (χ4n) is 4.62. The van der Waals surface area contributed by atoms with Gasteiger partial charge < -0.3 is 20.6 Å². The highest BCUT2D eigenvalue weighted by Crippen LogP contribution is 2.43. The molecule has 164 valence electrons. The minimum absolute atomic E-state index is 0.0316. The Morgan fingerprint density at radius 2 is 1.94 bits per heavy atom. The third kappa shape index (κ3) is 3.78. The minimum atomic E-state index is -0.989. The number of fused-ring (bicyclic) bond motifs is 1. The number of thioether (sulfide) groups is 1. The molecule has 0 spiro atoms. The molecule has 1 aromatic carbocycles. The number of nitrogens with zero attached hydrogens (tertiary/aromatic N) is 5. The Morgan fingerprint density at radius 1 is 1.13 bits per heavy atom. The Morgan fingerprint density at radius 3 is 2.68 bits per heavy atom. The molecule has 6 atom stereocenters. The predicted octanol–water partition coefficient (Wildman–Crippen LogP) is 1.58. The Kier molecular flexibility index (Phi) is 5.55. The lowest BCUT2D eigenvalue weighted by atomic mass is 10.0. The summed E-state index contributed by atoms with van der Waals surface area (Å²) in [7, 11) is 0. The van der Waals surface area contributed by atoms with Gasteiger partial charge in [-0.2, -0.15) is 0 Å². The number of aliphatic hydroxyl groups excluding tert-OH is 3. The van der Waals surface area contributed by atoms with Crippen LogP contribution in [0, 0.1) is 5.92 Å². The van der Waals surface area contributed by atoms with Gasteiger partial charge in [-0.25, -0.2) is 14.6 Å². The van der Waals surface area contributed by atoms with Crippen molar-refractivity contribution in [2.45, 2.75) is 54.6 Å². The number of benzene rings is 1. The van der Waals surface area contributed by atoms with Crippen LogP contribution in [0.2, 0.25) is 0 Å². The topological polar surface area (TPSA) is 129 Å². The van der Waals surface area contributed by atoms with Crippen molar-refractivity contribution in [3.63, 3.8) is 0 Å². The first-order valence-electron chi connectivity index (χ1n) is 10.6. The number of aromatic nitrogens is 5. The molecule has 2 fully saturated rings. The van der Waals surface area contributed by atoms with Crippen LogP contribution in [0.5, 0.6) is 0 Å². The van der Waals surface area contributed by atoms with Crippen LogP contribution in [-0.2, 0) is 0 Å². The van der Waals surface area contributed by atoms with Gasteiger partial charge in [0.2, 0.25) is 0 Å². The quantitative estimate of drug-likeness (QED) is 0.318. The monoisotopic (exact) mass is 442 g/mol. The number of anilines is 1. The van der Waals surface area contributed by atoms with Crippen molar-refractivity contribution >= 4 is 28.7 Å². The van der Waals surface area contributed by atoms with Crippen LogP contribution in [0.1, 0.15) is 36.8 Å². The zero-order chi connectivity index (χ0) is 21.5. The van der Waals surface area contributed by atoms with Crippen LogP contribution in [0.4, 0.5) is 5.82 Å². The highest BCUT2D eigenvalue weighted by atomic mass is 32.2. The molecule has 2 aliphatic rings. The van der Waals surface area contributed by atoms with Crippen LogP contribution in [0.15, 0.2) is 35.5 Å². The van der Waals surface area contributed by atoms with Crippen molar-refractivity contribution in [2.24, 2.45) is 5.92 Å². The smallest absolute Gasteiger partial charge is 0.191 e. The molecule has 3 aromatic rings. The van der Waals surface area contributed by atoms with Gasteiger partial charge in [0.15, 0.2) is 22.1 Å².